The first-order valence-corrected chi connectivity index (χ1v) is 10.0. The number of halogens is 4. The molecule has 1 heterocycles. The number of hydrogen-bond donors (Lipinski definition) is 1. The normalized spacial score (nSPS) is 11.3. The number of nitrogens with one attached hydrogen (secondary N) is 1. The van der Waals surface area contributed by atoms with E-state index in [4.69, 9.17) is 20.8 Å². The summed E-state index contributed by atoms with van der Waals surface area (Å²) in [4.78, 5) is 35.4. The van der Waals surface area contributed by atoms with Crippen molar-refractivity contribution < 1.29 is 36.7 Å². The average molecular weight is 484 g/mol. The summed E-state index contributed by atoms with van der Waals surface area (Å²) in [5, 5.41) is 2.60. The van der Waals surface area contributed by atoms with E-state index in [0.29, 0.717) is 0 Å². The summed E-state index contributed by atoms with van der Waals surface area (Å²) >= 11 is 6.10. The van der Waals surface area contributed by atoms with Crippen molar-refractivity contribution in [2.75, 3.05) is 19.8 Å². The molecule has 3 aromatic rings. The zero-order valence-electron chi connectivity index (χ0n) is 17.1. The first kappa shape index (κ1) is 24.1. The highest BCUT2D eigenvalue weighted by Crippen LogP contribution is 2.38. The molecule has 3 rings (SSSR count). The predicted octanol–water partition coefficient (Wildman–Crippen LogP) is 4.19. The maximum atomic E-state index is 13.2. The van der Waals surface area contributed by atoms with Gasteiger partial charge >= 0.3 is 18.1 Å². The molecule has 2 aromatic carbocycles. The van der Waals surface area contributed by atoms with Crippen LogP contribution in [0.2, 0.25) is 5.02 Å². The van der Waals surface area contributed by atoms with Crippen LogP contribution >= 0.6 is 11.6 Å². The number of hydrogen-bond acceptors (Lipinski definition) is 6. The van der Waals surface area contributed by atoms with Gasteiger partial charge in [-0.15, -0.1) is 0 Å². The molecule has 7 nitrogen and oxygen atoms in total. The fourth-order valence-corrected chi connectivity index (χ4v) is 3.10. The van der Waals surface area contributed by atoms with Gasteiger partial charge in [0.1, 0.15) is 18.1 Å². The van der Waals surface area contributed by atoms with Gasteiger partial charge in [0.15, 0.2) is 11.0 Å². The highest BCUT2D eigenvalue weighted by atomic mass is 35.5. The summed E-state index contributed by atoms with van der Waals surface area (Å²) in [7, 11) is 0. The van der Waals surface area contributed by atoms with Gasteiger partial charge in [0.25, 0.3) is 0 Å². The molecule has 0 fully saturated rings. The second-order valence-electron chi connectivity index (χ2n) is 6.62. The molecule has 1 aromatic heterocycles. The van der Waals surface area contributed by atoms with E-state index < -0.39 is 29.0 Å². The predicted molar refractivity (Wildman–Crippen MR) is 113 cm³/mol. The molecule has 0 aliphatic heterocycles. The van der Waals surface area contributed by atoms with E-state index in [0.717, 1.165) is 24.3 Å². The molecule has 174 valence electrons. The van der Waals surface area contributed by atoms with Crippen LogP contribution in [0.1, 0.15) is 12.5 Å². The lowest BCUT2D eigenvalue weighted by molar-refractivity contribution is -0.154. The Hall–Kier alpha value is -3.53. The van der Waals surface area contributed by atoms with Crippen molar-refractivity contribution in [1.29, 1.82) is 0 Å². The Labute approximate surface area is 190 Å². The van der Waals surface area contributed by atoms with Gasteiger partial charge in [-0.2, -0.15) is 13.2 Å². The molecular weight excluding hydrogens is 467 g/mol. The topological polar surface area (TPSA) is 94.8 Å². The number of carbonyl (C=O) groups excluding carboxylic acids is 2. The summed E-state index contributed by atoms with van der Waals surface area (Å²) in [6.45, 7) is 1.07. The first-order valence-electron chi connectivity index (χ1n) is 9.63. The minimum Gasteiger partial charge on any atom is -0.491 e. The molecule has 0 saturated heterocycles. The van der Waals surface area contributed by atoms with E-state index in [1.807, 2.05) is 0 Å². The Morgan fingerprint density at radius 1 is 1.15 bits per heavy atom. The number of fused-ring (bicyclic) bond motifs is 1. The Morgan fingerprint density at radius 3 is 2.61 bits per heavy atom. The molecule has 11 heteroatoms. The summed E-state index contributed by atoms with van der Waals surface area (Å²) in [6, 6.07) is 8.38. The lowest BCUT2D eigenvalue weighted by Crippen LogP contribution is -2.35. The number of rotatable bonds is 6. The van der Waals surface area contributed by atoms with E-state index in [9.17, 15) is 27.6 Å². The van der Waals surface area contributed by atoms with Gasteiger partial charge in [0, 0.05) is 6.07 Å². The zero-order chi connectivity index (χ0) is 24.2. The van der Waals surface area contributed by atoms with E-state index in [2.05, 4.69) is 10.1 Å². The van der Waals surface area contributed by atoms with Crippen LogP contribution in [0.25, 0.3) is 22.3 Å². The van der Waals surface area contributed by atoms with Crippen LogP contribution < -0.4 is 15.5 Å². The highest BCUT2D eigenvalue weighted by Gasteiger charge is 2.31. The number of alkyl halides is 3. The average Bonchev–Trinajstić information content (AvgIpc) is 2.76. The second kappa shape index (κ2) is 9.95. The number of benzene rings is 2. The van der Waals surface area contributed by atoms with Crippen molar-refractivity contribution >= 4 is 34.4 Å². The van der Waals surface area contributed by atoms with Gasteiger partial charge in [-0.05, 0) is 37.3 Å². The molecule has 0 aliphatic rings. The van der Waals surface area contributed by atoms with Gasteiger partial charge in [-0.1, -0.05) is 17.7 Å². The minimum absolute atomic E-state index is 0.0112. The van der Waals surface area contributed by atoms with Crippen LogP contribution in [0.5, 0.6) is 5.75 Å². The quantitative estimate of drug-likeness (QED) is 0.321. The summed E-state index contributed by atoms with van der Waals surface area (Å²) in [6.07, 6.45) is -4.65. The van der Waals surface area contributed by atoms with Crippen LogP contribution in [0.3, 0.4) is 0 Å². The van der Waals surface area contributed by atoms with Crippen LogP contribution in [0, 0.1) is 0 Å². The van der Waals surface area contributed by atoms with Crippen molar-refractivity contribution in [2.24, 2.45) is 0 Å². The lowest BCUT2D eigenvalue weighted by atomic mass is 10.1. The standard InChI is InChI=1S/C22H17ClF3NO6/c1-2-31-21(30)20(29)27-8-9-32-17-10-12(22(24,25)26)6-7-14(17)18-11-16(28)13-4-3-5-15(23)19(13)33-18/h3-7,10-11H,2,8-9H2,1H3,(H,27,29). The number of amides is 1. The molecule has 0 bridgehead atoms. The summed E-state index contributed by atoms with van der Waals surface area (Å²) in [5.74, 6) is -2.41. The Kier molecular flexibility index (Phi) is 7.27. The second-order valence-corrected chi connectivity index (χ2v) is 7.03. The van der Waals surface area contributed by atoms with E-state index in [-0.39, 0.29) is 52.8 Å². The van der Waals surface area contributed by atoms with Crippen molar-refractivity contribution in [1.82, 2.24) is 5.32 Å². The smallest absolute Gasteiger partial charge is 0.416 e. The van der Waals surface area contributed by atoms with Crippen molar-refractivity contribution in [3.63, 3.8) is 0 Å². The molecular formula is C22H17ClF3NO6. The van der Waals surface area contributed by atoms with E-state index >= 15 is 0 Å². The molecule has 0 atom stereocenters. The highest BCUT2D eigenvalue weighted by molar-refractivity contribution is 6.34. The zero-order valence-corrected chi connectivity index (χ0v) is 17.9. The molecule has 1 N–H and O–H groups in total. The van der Waals surface area contributed by atoms with Crippen molar-refractivity contribution in [3.8, 4) is 17.1 Å². The molecule has 33 heavy (non-hydrogen) atoms. The Bertz CT molecular complexity index is 1260. The number of para-hydroxylation sites is 1. The summed E-state index contributed by atoms with van der Waals surface area (Å²) < 4.78 is 55.4. The van der Waals surface area contributed by atoms with Crippen molar-refractivity contribution in [2.45, 2.75) is 13.1 Å². The molecule has 0 aliphatic carbocycles. The van der Waals surface area contributed by atoms with Crippen molar-refractivity contribution in [3.05, 3.63) is 63.3 Å². The van der Waals surface area contributed by atoms with Crippen LogP contribution in [-0.2, 0) is 20.5 Å². The van der Waals surface area contributed by atoms with E-state index in [1.165, 1.54) is 19.1 Å². The summed E-state index contributed by atoms with van der Waals surface area (Å²) in [5.41, 5.74) is -1.29. The number of esters is 1. The third-order valence-corrected chi connectivity index (χ3v) is 4.68. The molecule has 0 spiro atoms. The largest absolute Gasteiger partial charge is 0.491 e. The van der Waals surface area contributed by atoms with Crippen LogP contribution in [0.15, 0.2) is 51.7 Å². The third-order valence-electron chi connectivity index (χ3n) is 4.39. The maximum Gasteiger partial charge on any atom is 0.416 e. The SMILES string of the molecule is CCOC(=O)C(=O)NCCOc1cc(C(F)(F)F)ccc1-c1cc(=O)c2cccc(Cl)c2o1. The molecule has 0 radical (unpaired) electrons. The van der Waals surface area contributed by atoms with Crippen LogP contribution in [-0.4, -0.2) is 31.6 Å². The van der Waals surface area contributed by atoms with Gasteiger partial charge in [-0.25, -0.2) is 4.79 Å². The van der Waals surface area contributed by atoms with Gasteiger partial charge in [0.05, 0.1) is 34.7 Å². The molecule has 0 saturated carbocycles. The van der Waals surface area contributed by atoms with Gasteiger partial charge in [-0.3, -0.25) is 9.59 Å². The first-order chi connectivity index (χ1) is 15.6. The molecule has 0 unspecified atom stereocenters. The maximum absolute atomic E-state index is 13.2. The Morgan fingerprint density at radius 2 is 1.91 bits per heavy atom. The van der Waals surface area contributed by atoms with E-state index in [1.54, 1.807) is 6.07 Å². The fraction of sp³-hybridized carbons (Fsp3) is 0.227. The number of ether oxygens (including phenoxy) is 2. The van der Waals surface area contributed by atoms with Gasteiger partial charge in [0.2, 0.25) is 0 Å². The van der Waals surface area contributed by atoms with Crippen LogP contribution in [0.4, 0.5) is 13.2 Å². The number of carbonyl (C=O) groups is 2. The Balaban J connectivity index is 1.92. The fourth-order valence-electron chi connectivity index (χ4n) is 2.89. The van der Waals surface area contributed by atoms with Gasteiger partial charge < -0.3 is 19.2 Å². The minimum atomic E-state index is -4.65. The third kappa shape index (κ3) is 5.64. The molecule has 1 amide bonds. The lowest BCUT2D eigenvalue weighted by Gasteiger charge is -2.15. The monoisotopic (exact) mass is 483 g/mol.